The molecule has 0 N–H and O–H groups in total. The quantitative estimate of drug-likeness (QED) is 0.555. The Hall–Kier alpha value is -2.44. The Bertz CT molecular complexity index is 930. The van der Waals surface area contributed by atoms with Crippen molar-refractivity contribution >= 4 is 16.9 Å². The number of hydrogen-bond donors (Lipinski definition) is 0. The van der Waals surface area contributed by atoms with Crippen molar-refractivity contribution in [2.75, 3.05) is 45.9 Å². The molecule has 4 rings (SSSR count). The monoisotopic (exact) mass is 396 g/mol. The highest BCUT2D eigenvalue weighted by atomic mass is 16.5. The summed E-state index contributed by atoms with van der Waals surface area (Å²) < 4.78 is 10.8. The fraction of sp³-hybridized carbons (Fsp3) is 0.478. The lowest BCUT2D eigenvalue weighted by Gasteiger charge is -2.32. The first-order chi connectivity index (χ1) is 14.2. The van der Waals surface area contributed by atoms with Crippen LogP contribution < -0.4 is 5.63 Å². The van der Waals surface area contributed by atoms with Crippen molar-refractivity contribution in [3.63, 3.8) is 0 Å². The number of benzene rings is 1. The molecule has 1 saturated heterocycles. The first-order valence-electron chi connectivity index (χ1n) is 10.5. The van der Waals surface area contributed by atoms with Crippen molar-refractivity contribution in [3.05, 3.63) is 58.5 Å². The molecule has 0 radical (unpaired) electrons. The maximum atomic E-state index is 13.4. The first kappa shape index (κ1) is 19.9. The van der Waals surface area contributed by atoms with Crippen molar-refractivity contribution in [2.24, 2.45) is 5.92 Å². The van der Waals surface area contributed by atoms with Crippen LogP contribution in [-0.4, -0.2) is 61.6 Å². The maximum absolute atomic E-state index is 13.4. The van der Waals surface area contributed by atoms with Gasteiger partial charge in [-0.1, -0.05) is 30.4 Å². The zero-order chi connectivity index (χ0) is 20.1. The fourth-order valence-corrected chi connectivity index (χ4v) is 4.08. The molecule has 6 heteroatoms. The van der Waals surface area contributed by atoms with Crippen molar-refractivity contribution in [1.29, 1.82) is 0 Å². The minimum absolute atomic E-state index is 0.122. The molecule has 154 valence electrons. The number of rotatable bonds is 6. The number of nitrogens with zero attached hydrogens (tertiary/aromatic N) is 2. The Morgan fingerprint density at radius 3 is 2.79 bits per heavy atom. The Kier molecular flexibility index (Phi) is 6.42. The van der Waals surface area contributed by atoms with E-state index in [2.05, 4.69) is 17.1 Å². The van der Waals surface area contributed by atoms with E-state index in [0.717, 1.165) is 57.5 Å². The molecule has 0 unspecified atom stereocenters. The average molecular weight is 396 g/mol. The van der Waals surface area contributed by atoms with Gasteiger partial charge in [-0.25, -0.2) is 4.79 Å². The number of hydrogen-bond acceptors (Lipinski definition) is 5. The molecule has 1 aromatic carbocycles. The molecule has 1 fully saturated rings. The maximum Gasteiger partial charge on any atom is 0.349 e. The van der Waals surface area contributed by atoms with E-state index in [1.54, 1.807) is 12.1 Å². The zero-order valence-corrected chi connectivity index (χ0v) is 16.7. The van der Waals surface area contributed by atoms with Gasteiger partial charge >= 0.3 is 5.63 Å². The van der Waals surface area contributed by atoms with E-state index in [1.807, 2.05) is 23.1 Å². The lowest BCUT2D eigenvalue weighted by Crippen LogP contribution is -2.45. The van der Waals surface area contributed by atoms with Gasteiger partial charge in [0.05, 0.1) is 13.2 Å². The summed E-state index contributed by atoms with van der Waals surface area (Å²) in [5, 5.41) is 0.768. The van der Waals surface area contributed by atoms with Gasteiger partial charge in [-0.3, -0.25) is 9.69 Å². The number of ether oxygens (including phenoxy) is 1. The topological polar surface area (TPSA) is 63.0 Å². The molecule has 1 aromatic heterocycles. The lowest BCUT2D eigenvalue weighted by atomic mass is 9.93. The number of carbonyl (C=O) groups excluding carboxylic acids is 1. The molecule has 6 nitrogen and oxygen atoms in total. The minimum Gasteiger partial charge on any atom is -0.422 e. The molecular formula is C23H28N2O4. The van der Waals surface area contributed by atoms with Gasteiger partial charge in [0, 0.05) is 38.1 Å². The van der Waals surface area contributed by atoms with Crippen LogP contribution in [0.1, 0.15) is 29.6 Å². The van der Waals surface area contributed by atoms with E-state index >= 15 is 0 Å². The number of carbonyl (C=O) groups is 1. The first-order valence-corrected chi connectivity index (χ1v) is 10.5. The van der Waals surface area contributed by atoms with Crippen molar-refractivity contribution in [1.82, 2.24) is 9.80 Å². The van der Waals surface area contributed by atoms with E-state index in [0.29, 0.717) is 24.6 Å². The van der Waals surface area contributed by atoms with Gasteiger partial charge < -0.3 is 14.1 Å². The highest BCUT2D eigenvalue weighted by molar-refractivity contribution is 5.96. The van der Waals surface area contributed by atoms with Gasteiger partial charge in [-0.2, -0.15) is 0 Å². The molecule has 2 aromatic rings. The molecule has 2 heterocycles. The summed E-state index contributed by atoms with van der Waals surface area (Å²) in [7, 11) is 0. The van der Waals surface area contributed by atoms with Crippen LogP contribution in [0.3, 0.4) is 0 Å². The predicted molar refractivity (Wildman–Crippen MR) is 112 cm³/mol. The van der Waals surface area contributed by atoms with Gasteiger partial charge in [0.2, 0.25) is 0 Å². The summed E-state index contributed by atoms with van der Waals surface area (Å²) >= 11 is 0. The van der Waals surface area contributed by atoms with Crippen LogP contribution in [0, 0.1) is 5.92 Å². The highest BCUT2D eigenvalue weighted by Crippen LogP contribution is 2.21. The normalized spacial score (nSPS) is 20.1. The Morgan fingerprint density at radius 1 is 1.17 bits per heavy atom. The van der Waals surface area contributed by atoms with Gasteiger partial charge in [0.15, 0.2) is 0 Å². The lowest BCUT2D eigenvalue weighted by molar-refractivity contribution is 0.0314. The summed E-state index contributed by atoms with van der Waals surface area (Å²) in [6.07, 6.45) is 7.50. The van der Waals surface area contributed by atoms with Gasteiger partial charge in [0.25, 0.3) is 5.91 Å². The van der Waals surface area contributed by atoms with E-state index in [1.165, 1.54) is 0 Å². The van der Waals surface area contributed by atoms with Gasteiger partial charge in [0.1, 0.15) is 11.1 Å². The number of amides is 1. The van der Waals surface area contributed by atoms with E-state index in [-0.39, 0.29) is 11.5 Å². The third-order valence-corrected chi connectivity index (χ3v) is 5.81. The molecular weight excluding hydrogens is 368 g/mol. The molecule has 1 aliphatic heterocycles. The standard InChI is InChI=1S/C23H28N2O4/c26-22(20-16-19-8-4-5-9-21(19)29-23(20)27)25(17-18-6-2-1-3-7-18)11-10-24-12-14-28-15-13-24/h1-2,4-5,8-9,16,18H,3,6-7,10-15,17H2/t18-/m0/s1. The largest absolute Gasteiger partial charge is 0.422 e. The van der Waals surface area contributed by atoms with E-state index in [9.17, 15) is 9.59 Å². The highest BCUT2D eigenvalue weighted by Gasteiger charge is 2.24. The summed E-state index contributed by atoms with van der Waals surface area (Å²) in [4.78, 5) is 30.0. The van der Waals surface area contributed by atoms with Crippen LogP contribution in [0.5, 0.6) is 0 Å². The van der Waals surface area contributed by atoms with Gasteiger partial charge in [-0.05, 0) is 37.3 Å². The second-order valence-corrected chi connectivity index (χ2v) is 7.84. The molecule has 1 aliphatic carbocycles. The molecule has 1 amide bonds. The Balaban J connectivity index is 1.54. The Labute approximate surface area is 170 Å². The molecule has 0 bridgehead atoms. The minimum atomic E-state index is -0.561. The van der Waals surface area contributed by atoms with E-state index < -0.39 is 5.63 Å². The van der Waals surface area contributed by atoms with Crippen LogP contribution in [0.2, 0.25) is 0 Å². The summed E-state index contributed by atoms with van der Waals surface area (Å²) in [6.45, 7) is 5.28. The van der Waals surface area contributed by atoms with Crippen LogP contribution >= 0.6 is 0 Å². The molecule has 1 atom stereocenters. The number of allylic oxidation sites excluding steroid dienone is 2. The third kappa shape index (κ3) is 4.95. The van der Waals surface area contributed by atoms with Crippen LogP contribution in [-0.2, 0) is 4.74 Å². The van der Waals surface area contributed by atoms with Crippen LogP contribution in [0.15, 0.2) is 51.7 Å². The number of fused-ring (bicyclic) bond motifs is 1. The molecule has 0 saturated carbocycles. The molecule has 29 heavy (non-hydrogen) atoms. The summed E-state index contributed by atoms with van der Waals surface area (Å²) in [6, 6.07) is 8.97. The molecule has 0 spiro atoms. The molecule has 2 aliphatic rings. The smallest absolute Gasteiger partial charge is 0.349 e. The van der Waals surface area contributed by atoms with Crippen LogP contribution in [0.4, 0.5) is 0 Å². The van der Waals surface area contributed by atoms with Crippen molar-refractivity contribution in [2.45, 2.75) is 19.3 Å². The van der Waals surface area contributed by atoms with Crippen LogP contribution in [0.25, 0.3) is 11.0 Å². The summed E-state index contributed by atoms with van der Waals surface area (Å²) in [5.41, 5.74) is 0.0666. The second-order valence-electron chi connectivity index (χ2n) is 7.84. The zero-order valence-electron chi connectivity index (χ0n) is 16.7. The van der Waals surface area contributed by atoms with Gasteiger partial charge in [-0.15, -0.1) is 0 Å². The van der Waals surface area contributed by atoms with Crippen molar-refractivity contribution < 1.29 is 13.9 Å². The summed E-state index contributed by atoms with van der Waals surface area (Å²) in [5.74, 6) is 0.202. The predicted octanol–water partition coefficient (Wildman–Crippen LogP) is 2.92. The van der Waals surface area contributed by atoms with Crippen molar-refractivity contribution in [3.8, 4) is 0 Å². The number of morpholine rings is 1. The average Bonchev–Trinajstić information content (AvgIpc) is 2.77. The number of para-hydroxylation sites is 1. The fourth-order valence-electron chi connectivity index (χ4n) is 4.08. The Morgan fingerprint density at radius 2 is 2.00 bits per heavy atom. The SMILES string of the molecule is O=C(c1cc2ccccc2oc1=O)N(CCN1CCOCC1)C[C@H]1CC=CCC1. The van der Waals surface area contributed by atoms with E-state index in [4.69, 9.17) is 9.15 Å². The second kappa shape index (κ2) is 9.37. The third-order valence-electron chi connectivity index (χ3n) is 5.81.